The molecular formula is C24H42N6O2. The smallest absolute Gasteiger partial charge is 0.407 e. The van der Waals surface area contributed by atoms with Crippen LogP contribution in [0.2, 0.25) is 0 Å². The van der Waals surface area contributed by atoms with Gasteiger partial charge in [-0.15, -0.1) is 0 Å². The van der Waals surface area contributed by atoms with Crippen LogP contribution in [-0.2, 0) is 17.8 Å². The van der Waals surface area contributed by atoms with Gasteiger partial charge in [0, 0.05) is 52.4 Å². The van der Waals surface area contributed by atoms with Crippen LogP contribution >= 0.6 is 0 Å². The summed E-state index contributed by atoms with van der Waals surface area (Å²) in [5.41, 5.74) is 2.07. The second-order valence-electron chi connectivity index (χ2n) is 9.30. The van der Waals surface area contributed by atoms with Gasteiger partial charge in [-0.2, -0.15) is 0 Å². The van der Waals surface area contributed by atoms with Gasteiger partial charge in [-0.1, -0.05) is 24.3 Å². The molecule has 0 aromatic heterocycles. The number of hydrogen-bond donors (Lipinski definition) is 3. The molecule has 1 saturated heterocycles. The number of nitrogens with one attached hydrogen (secondary N) is 3. The number of rotatable bonds is 9. The van der Waals surface area contributed by atoms with E-state index in [1.807, 2.05) is 20.8 Å². The van der Waals surface area contributed by atoms with Crippen LogP contribution in [0.4, 0.5) is 4.79 Å². The van der Waals surface area contributed by atoms with Crippen LogP contribution in [0.3, 0.4) is 0 Å². The first-order valence-electron chi connectivity index (χ1n) is 11.7. The first-order valence-corrected chi connectivity index (χ1v) is 11.7. The second-order valence-corrected chi connectivity index (χ2v) is 9.30. The standard InChI is InChI=1S/C24H42N6O2/c1-6-25-22(26-12-7-13-27-23(31)32-24(2,3)4)28-18-20-8-10-21(11-9-20)19-30-16-14-29(5)15-17-30/h8-11H,6-7,12-19H2,1-5H3,(H,27,31)(H2,25,26,28). The Bertz CT molecular complexity index is 706. The highest BCUT2D eigenvalue weighted by molar-refractivity contribution is 5.79. The molecule has 0 aliphatic carbocycles. The second kappa shape index (κ2) is 13.3. The van der Waals surface area contributed by atoms with Crippen LogP contribution in [0, 0.1) is 0 Å². The van der Waals surface area contributed by atoms with E-state index in [4.69, 9.17) is 4.74 Å². The molecule has 8 heteroatoms. The molecule has 0 spiro atoms. The fraction of sp³-hybridized carbons (Fsp3) is 0.667. The molecular weight excluding hydrogens is 404 g/mol. The predicted molar refractivity (Wildman–Crippen MR) is 131 cm³/mol. The highest BCUT2D eigenvalue weighted by Crippen LogP contribution is 2.10. The highest BCUT2D eigenvalue weighted by atomic mass is 16.6. The predicted octanol–water partition coefficient (Wildman–Crippen LogP) is 2.40. The van der Waals surface area contributed by atoms with Gasteiger partial charge in [-0.3, -0.25) is 4.90 Å². The van der Waals surface area contributed by atoms with Crippen molar-refractivity contribution in [1.29, 1.82) is 0 Å². The van der Waals surface area contributed by atoms with Crippen molar-refractivity contribution in [3.63, 3.8) is 0 Å². The number of nitrogens with zero attached hydrogens (tertiary/aromatic N) is 3. The van der Waals surface area contributed by atoms with E-state index < -0.39 is 5.60 Å². The van der Waals surface area contributed by atoms with E-state index >= 15 is 0 Å². The van der Waals surface area contributed by atoms with Gasteiger partial charge in [0.25, 0.3) is 0 Å². The van der Waals surface area contributed by atoms with E-state index in [1.165, 1.54) is 11.1 Å². The summed E-state index contributed by atoms with van der Waals surface area (Å²) in [6, 6.07) is 8.77. The van der Waals surface area contributed by atoms with E-state index in [0.717, 1.165) is 51.6 Å². The van der Waals surface area contributed by atoms with Crippen molar-refractivity contribution in [2.45, 2.75) is 52.8 Å². The van der Waals surface area contributed by atoms with Crippen molar-refractivity contribution in [2.24, 2.45) is 4.99 Å². The van der Waals surface area contributed by atoms with Gasteiger partial charge >= 0.3 is 6.09 Å². The molecule has 180 valence electrons. The van der Waals surface area contributed by atoms with E-state index in [-0.39, 0.29) is 6.09 Å². The van der Waals surface area contributed by atoms with E-state index in [9.17, 15) is 4.79 Å². The summed E-state index contributed by atoms with van der Waals surface area (Å²) in [6.45, 7) is 15.9. The maximum absolute atomic E-state index is 11.7. The van der Waals surface area contributed by atoms with Gasteiger partial charge in [0.05, 0.1) is 6.54 Å². The Hall–Kier alpha value is -2.32. The molecule has 0 saturated carbocycles. The first kappa shape index (κ1) is 25.9. The summed E-state index contributed by atoms with van der Waals surface area (Å²) in [5, 5.41) is 9.36. The number of ether oxygens (including phenoxy) is 1. The number of hydrogen-bond acceptors (Lipinski definition) is 5. The molecule has 0 atom stereocenters. The lowest BCUT2D eigenvalue weighted by molar-refractivity contribution is 0.0527. The topological polar surface area (TPSA) is 81.2 Å². The molecule has 1 amide bonds. The maximum atomic E-state index is 11.7. The summed E-state index contributed by atoms with van der Waals surface area (Å²) in [4.78, 5) is 21.2. The molecule has 2 rings (SSSR count). The number of aliphatic imine (C=N–C) groups is 1. The number of benzene rings is 1. The molecule has 0 unspecified atom stereocenters. The van der Waals surface area contributed by atoms with Crippen LogP contribution in [0.25, 0.3) is 0 Å². The van der Waals surface area contributed by atoms with Crippen molar-refractivity contribution in [3.05, 3.63) is 35.4 Å². The summed E-state index contributed by atoms with van der Waals surface area (Å²) in [5.74, 6) is 0.784. The molecule has 0 bridgehead atoms. The first-order chi connectivity index (χ1) is 15.2. The molecule has 1 heterocycles. The maximum Gasteiger partial charge on any atom is 0.407 e. The molecule has 3 N–H and O–H groups in total. The Labute approximate surface area is 193 Å². The van der Waals surface area contributed by atoms with Crippen molar-refractivity contribution < 1.29 is 9.53 Å². The van der Waals surface area contributed by atoms with Gasteiger partial charge in [-0.25, -0.2) is 9.79 Å². The third kappa shape index (κ3) is 10.8. The molecule has 1 aliphatic heterocycles. The third-order valence-electron chi connectivity index (χ3n) is 5.10. The molecule has 1 aromatic carbocycles. The average molecular weight is 447 g/mol. The van der Waals surface area contributed by atoms with E-state index in [0.29, 0.717) is 19.6 Å². The monoisotopic (exact) mass is 446 g/mol. The molecule has 1 aliphatic rings. The SMILES string of the molecule is CCNC(=NCc1ccc(CN2CCN(C)CC2)cc1)NCCCNC(=O)OC(C)(C)C. The van der Waals surface area contributed by atoms with Crippen LogP contribution in [0.15, 0.2) is 29.3 Å². The van der Waals surface area contributed by atoms with Crippen molar-refractivity contribution in [2.75, 3.05) is 52.9 Å². The summed E-state index contributed by atoms with van der Waals surface area (Å²) >= 11 is 0. The summed E-state index contributed by atoms with van der Waals surface area (Å²) in [6.07, 6.45) is 0.402. The average Bonchev–Trinajstić information content (AvgIpc) is 2.73. The molecule has 1 fully saturated rings. The zero-order chi connectivity index (χ0) is 23.4. The van der Waals surface area contributed by atoms with Gasteiger partial charge in [0.1, 0.15) is 5.60 Å². The lowest BCUT2D eigenvalue weighted by Gasteiger charge is -2.32. The Balaban J connectivity index is 1.72. The van der Waals surface area contributed by atoms with Crippen molar-refractivity contribution in [1.82, 2.24) is 25.8 Å². The Kier molecular flexibility index (Phi) is 10.8. The largest absolute Gasteiger partial charge is 0.444 e. The normalized spacial score (nSPS) is 16.0. The molecule has 1 aromatic rings. The van der Waals surface area contributed by atoms with Crippen LogP contribution in [-0.4, -0.2) is 80.3 Å². The summed E-state index contributed by atoms with van der Waals surface area (Å²) < 4.78 is 5.24. The number of amides is 1. The van der Waals surface area contributed by atoms with Gasteiger partial charge in [0.15, 0.2) is 5.96 Å². The summed E-state index contributed by atoms with van der Waals surface area (Å²) in [7, 11) is 2.18. The van der Waals surface area contributed by atoms with E-state index in [1.54, 1.807) is 0 Å². The fourth-order valence-electron chi connectivity index (χ4n) is 3.33. The zero-order valence-corrected chi connectivity index (χ0v) is 20.5. The minimum absolute atomic E-state index is 0.380. The third-order valence-corrected chi connectivity index (χ3v) is 5.10. The van der Waals surface area contributed by atoms with Gasteiger partial charge < -0.3 is 25.6 Å². The number of likely N-dealkylation sites (N-methyl/N-ethyl adjacent to an activating group) is 1. The van der Waals surface area contributed by atoms with Crippen LogP contribution in [0.1, 0.15) is 45.2 Å². The number of carbonyl (C=O) groups excluding carboxylic acids is 1. The number of guanidine groups is 1. The Morgan fingerprint density at radius 1 is 1.00 bits per heavy atom. The van der Waals surface area contributed by atoms with Gasteiger partial charge in [0.2, 0.25) is 0 Å². The van der Waals surface area contributed by atoms with Crippen LogP contribution in [0.5, 0.6) is 0 Å². The number of carbonyl (C=O) groups is 1. The fourth-order valence-corrected chi connectivity index (χ4v) is 3.33. The Morgan fingerprint density at radius 3 is 2.25 bits per heavy atom. The van der Waals surface area contributed by atoms with Crippen molar-refractivity contribution in [3.8, 4) is 0 Å². The molecule has 8 nitrogen and oxygen atoms in total. The minimum Gasteiger partial charge on any atom is -0.444 e. The quantitative estimate of drug-likeness (QED) is 0.307. The molecule has 0 radical (unpaired) electrons. The lowest BCUT2D eigenvalue weighted by Crippen LogP contribution is -2.43. The Morgan fingerprint density at radius 2 is 1.62 bits per heavy atom. The highest BCUT2D eigenvalue weighted by Gasteiger charge is 2.15. The number of piperazine rings is 1. The number of alkyl carbamates (subject to hydrolysis) is 1. The van der Waals surface area contributed by atoms with Gasteiger partial charge in [-0.05, 0) is 52.3 Å². The van der Waals surface area contributed by atoms with Crippen LogP contribution < -0.4 is 16.0 Å². The van der Waals surface area contributed by atoms with Crippen molar-refractivity contribution >= 4 is 12.1 Å². The lowest BCUT2D eigenvalue weighted by atomic mass is 10.1. The zero-order valence-electron chi connectivity index (χ0n) is 20.5. The minimum atomic E-state index is -0.476. The molecule has 32 heavy (non-hydrogen) atoms. The van der Waals surface area contributed by atoms with E-state index in [2.05, 4.69) is 69.0 Å².